The van der Waals surface area contributed by atoms with Crippen molar-refractivity contribution in [1.82, 2.24) is 0 Å². The Hall–Kier alpha value is -1.29. The van der Waals surface area contributed by atoms with Gasteiger partial charge in [0.1, 0.15) is 5.76 Å². The lowest BCUT2D eigenvalue weighted by Gasteiger charge is -2.15. The lowest BCUT2D eigenvalue weighted by atomic mass is 10.1. The van der Waals surface area contributed by atoms with Gasteiger partial charge in [0.15, 0.2) is 0 Å². The van der Waals surface area contributed by atoms with Crippen molar-refractivity contribution in [3.05, 3.63) is 24.0 Å². The van der Waals surface area contributed by atoms with Gasteiger partial charge >= 0.3 is 0 Å². The van der Waals surface area contributed by atoms with Crippen LogP contribution in [0.25, 0.3) is 0 Å². The number of nitrogens with two attached hydrogens (primary N) is 1. The summed E-state index contributed by atoms with van der Waals surface area (Å²) in [6.45, 7) is 0.375. The van der Waals surface area contributed by atoms with E-state index < -0.39 is 0 Å². The van der Waals surface area contributed by atoms with Crippen LogP contribution >= 0.6 is 0 Å². The average molecular weight is 197 g/mol. The first-order chi connectivity index (χ1) is 6.72. The SMILES string of the molecule is COC1=CCC(OCCC(N)=O)C=C1. The first-order valence-electron chi connectivity index (χ1n) is 4.54. The highest BCUT2D eigenvalue weighted by atomic mass is 16.5. The van der Waals surface area contributed by atoms with Crippen molar-refractivity contribution in [2.45, 2.75) is 18.9 Å². The molecule has 1 amide bonds. The largest absolute Gasteiger partial charge is 0.497 e. The van der Waals surface area contributed by atoms with Crippen LogP contribution in [-0.4, -0.2) is 25.7 Å². The molecular weight excluding hydrogens is 182 g/mol. The number of carbonyl (C=O) groups is 1. The number of rotatable bonds is 5. The number of hydrogen-bond donors (Lipinski definition) is 1. The molecule has 1 aliphatic rings. The van der Waals surface area contributed by atoms with E-state index in [9.17, 15) is 4.79 Å². The number of ether oxygens (including phenoxy) is 2. The molecule has 1 rings (SSSR count). The van der Waals surface area contributed by atoms with E-state index in [2.05, 4.69) is 0 Å². The third-order valence-corrected chi connectivity index (χ3v) is 1.94. The Balaban J connectivity index is 2.21. The van der Waals surface area contributed by atoms with Crippen LogP contribution in [0.1, 0.15) is 12.8 Å². The number of hydrogen-bond acceptors (Lipinski definition) is 3. The van der Waals surface area contributed by atoms with Gasteiger partial charge in [0.05, 0.1) is 19.8 Å². The van der Waals surface area contributed by atoms with E-state index in [1.807, 2.05) is 18.2 Å². The minimum absolute atomic E-state index is 0.0354. The first kappa shape index (κ1) is 10.8. The second-order valence-corrected chi connectivity index (χ2v) is 3.03. The van der Waals surface area contributed by atoms with Gasteiger partial charge in [0.25, 0.3) is 0 Å². The quantitative estimate of drug-likeness (QED) is 0.707. The van der Waals surface area contributed by atoms with E-state index in [1.54, 1.807) is 7.11 Å². The highest BCUT2D eigenvalue weighted by Gasteiger charge is 2.09. The molecule has 2 N–H and O–H groups in total. The minimum atomic E-state index is -0.335. The van der Waals surface area contributed by atoms with Crippen molar-refractivity contribution < 1.29 is 14.3 Å². The number of primary amides is 1. The van der Waals surface area contributed by atoms with Crippen molar-refractivity contribution in [3.8, 4) is 0 Å². The molecule has 0 aliphatic heterocycles. The van der Waals surface area contributed by atoms with Crippen molar-refractivity contribution in [3.63, 3.8) is 0 Å². The van der Waals surface area contributed by atoms with Crippen molar-refractivity contribution >= 4 is 5.91 Å². The van der Waals surface area contributed by atoms with Crippen LogP contribution in [0.4, 0.5) is 0 Å². The molecule has 4 heteroatoms. The fourth-order valence-corrected chi connectivity index (χ4v) is 1.17. The molecule has 1 atom stereocenters. The van der Waals surface area contributed by atoms with Crippen LogP contribution in [0.15, 0.2) is 24.0 Å². The molecule has 1 unspecified atom stereocenters. The molecule has 0 saturated heterocycles. The third-order valence-electron chi connectivity index (χ3n) is 1.94. The van der Waals surface area contributed by atoms with Gasteiger partial charge in [0.2, 0.25) is 5.91 Å². The maximum atomic E-state index is 10.4. The molecular formula is C10H15NO3. The van der Waals surface area contributed by atoms with Gasteiger partial charge in [-0.1, -0.05) is 6.08 Å². The Kier molecular flexibility index (Phi) is 4.19. The molecule has 0 fully saturated rings. The summed E-state index contributed by atoms with van der Waals surface area (Å²) in [6.07, 6.45) is 6.81. The molecule has 0 bridgehead atoms. The van der Waals surface area contributed by atoms with Crippen molar-refractivity contribution in [2.75, 3.05) is 13.7 Å². The smallest absolute Gasteiger partial charge is 0.219 e. The number of allylic oxidation sites excluding steroid dienone is 1. The summed E-state index contributed by atoms with van der Waals surface area (Å²) in [5.41, 5.74) is 4.98. The molecule has 0 radical (unpaired) electrons. The second-order valence-electron chi connectivity index (χ2n) is 3.03. The number of methoxy groups -OCH3 is 1. The molecule has 0 saturated carbocycles. The molecule has 14 heavy (non-hydrogen) atoms. The summed E-state index contributed by atoms with van der Waals surface area (Å²) in [7, 11) is 1.63. The summed E-state index contributed by atoms with van der Waals surface area (Å²) >= 11 is 0. The predicted octanol–water partition coefficient (Wildman–Crippen LogP) is 0.737. The van der Waals surface area contributed by atoms with Crippen LogP contribution in [0.2, 0.25) is 0 Å². The normalized spacial score (nSPS) is 20.4. The predicted molar refractivity (Wildman–Crippen MR) is 52.4 cm³/mol. The Morgan fingerprint density at radius 1 is 1.71 bits per heavy atom. The van der Waals surface area contributed by atoms with E-state index >= 15 is 0 Å². The second kappa shape index (κ2) is 5.44. The fourth-order valence-electron chi connectivity index (χ4n) is 1.17. The minimum Gasteiger partial charge on any atom is -0.497 e. The third kappa shape index (κ3) is 3.62. The Morgan fingerprint density at radius 2 is 2.50 bits per heavy atom. The summed E-state index contributed by atoms with van der Waals surface area (Å²) < 4.78 is 10.4. The summed E-state index contributed by atoms with van der Waals surface area (Å²) in [5.74, 6) is 0.512. The van der Waals surface area contributed by atoms with Crippen LogP contribution in [0.5, 0.6) is 0 Å². The molecule has 0 aromatic rings. The van der Waals surface area contributed by atoms with Crippen molar-refractivity contribution in [2.24, 2.45) is 5.73 Å². The molecule has 0 spiro atoms. The molecule has 1 aliphatic carbocycles. The van der Waals surface area contributed by atoms with Gasteiger partial charge in [-0.3, -0.25) is 4.79 Å². The monoisotopic (exact) mass is 197 g/mol. The highest BCUT2D eigenvalue weighted by Crippen LogP contribution is 2.13. The maximum absolute atomic E-state index is 10.4. The van der Waals surface area contributed by atoms with Crippen LogP contribution < -0.4 is 5.73 Å². The zero-order chi connectivity index (χ0) is 10.4. The van der Waals surface area contributed by atoms with Gasteiger partial charge < -0.3 is 15.2 Å². The van der Waals surface area contributed by atoms with Gasteiger partial charge in [-0.05, 0) is 18.6 Å². The zero-order valence-electron chi connectivity index (χ0n) is 8.23. The average Bonchev–Trinajstić information content (AvgIpc) is 2.18. The van der Waals surface area contributed by atoms with Gasteiger partial charge in [-0.25, -0.2) is 0 Å². The van der Waals surface area contributed by atoms with E-state index in [0.29, 0.717) is 6.61 Å². The van der Waals surface area contributed by atoms with Crippen LogP contribution in [0.3, 0.4) is 0 Å². The van der Waals surface area contributed by atoms with Crippen molar-refractivity contribution in [1.29, 1.82) is 0 Å². The standard InChI is InChI=1S/C10H15NO3/c1-13-8-2-4-9(5-3-8)14-7-6-10(11)12/h2-4,9H,5-7H2,1H3,(H2,11,12). The van der Waals surface area contributed by atoms with Gasteiger partial charge in [0, 0.05) is 6.42 Å². The summed E-state index contributed by atoms with van der Waals surface area (Å²) in [4.78, 5) is 10.4. The van der Waals surface area contributed by atoms with E-state index in [4.69, 9.17) is 15.2 Å². The maximum Gasteiger partial charge on any atom is 0.219 e. The molecule has 4 nitrogen and oxygen atoms in total. The van der Waals surface area contributed by atoms with Gasteiger partial charge in [-0.15, -0.1) is 0 Å². The Bertz CT molecular complexity index is 258. The zero-order valence-corrected chi connectivity index (χ0v) is 8.23. The lowest BCUT2D eigenvalue weighted by Crippen LogP contribution is -2.18. The summed E-state index contributed by atoms with van der Waals surface area (Å²) in [5, 5.41) is 0. The Labute approximate surface area is 83.4 Å². The van der Waals surface area contributed by atoms with Crippen LogP contribution in [0, 0.1) is 0 Å². The molecule has 0 aromatic heterocycles. The highest BCUT2D eigenvalue weighted by molar-refractivity contribution is 5.73. The number of amides is 1. The lowest BCUT2D eigenvalue weighted by molar-refractivity contribution is -0.119. The number of carbonyl (C=O) groups excluding carboxylic acids is 1. The molecule has 0 heterocycles. The van der Waals surface area contributed by atoms with E-state index in [-0.39, 0.29) is 18.4 Å². The van der Waals surface area contributed by atoms with Crippen LogP contribution in [-0.2, 0) is 14.3 Å². The van der Waals surface area contributed by atoms with Gasteiger partial charge in [-0.2, -0.15) is 0 Å². The van der Waals surface area contributed by atoms with E-state index in [0.717, 1.165) is 12.2 Å². The fraction of sp³-hybridized carbons (Fsp3) is 0.500. The summed E-state index contributed by atoms with van der Waals surface area (Å²) in [6, 6.07) is 0. The molecule has 78 valence electrons. The first-order valence-corrected chi connectivity index (χ1v) is 4.54. The molecule has 0 aromatic carbocycles. The van der Waals surface area contributed by atoms with E-state index in [1.165, 1.54) is 0 Å². The Morgan fingerprint density at radius 3 is 3.00 bits per heavy atom. The topological polar surface area (TPSA) is 61.6 Å².